The van der Waals surface area contributed by atoms with E-state index < -0.39 is 28.2 Å². The average Bonchev–Trinajstić information content (AvgIpc) is 2.95. The number of phenols is 2. The van der Waals surface area contributed by atoms with E-state index in [1.807, 2.05) is 0 Å². The molecule has 140 valence electrons. The van der Waals surface area contributed by atoms with Crippen LogP contribution >= 0.6 is 23.2 Å². The summed E-state index contributed by atoms with van der Waals surface area (Å²) in [6, 6.07) is 10.2. The number of halogens is 3. The molecule has 0 saturated heterocycles. The number of hydrogen-bond donors (Lipinski definition) is 2. The zero-order chi connectivity index (χ0) is 19.8. The van der Waals surface area contributed by atoms with Crippen molar-refractivity contribution in [2.45, 2.75) is 5.60 Å². The molecule has 3 aromatic rings. The Labute approximate surface area is 167 Å². The first kappa shape index (κ1) is 17.2. The summed E-state index contributed by atoms with van der Waals surface area (Å²) in [4.78, 5) is 12.6. The third-order valence-electron chi connectivity index (χ3n) is 4.92. The van der Waals surface area contributed by atoms with Crippen LogP contribution in [0.2, 0.25) is 10.0 Å². The van der Waals surface area contributed by atoms with Gasteiger partial charge in [-0.05, 0) is 12.1 Å². The van der Waals surface area contributed by atoms with Crippen molar-refractivity contribution in [1.29, 1.82) is 0 Å². The molecule has 1 spiro atoms. The lowest BCUT2D eigenvalue weighted by Gasteiger charge is -2.37. The Morgan fingerprint density at radius 2 is 1.68 bits per heavy atom. The van der Waals surface area contributed by atoms with Crippen LogP contribution in [0.5, 0.6) is 23.0 Å². The molecule has 5 nitrogen and oxygen atoms in total. The highest BCUT2D eigenvalue weighted by atomic mass is 35.5. The van der Waals surface area contributed by atoms with Gasteiger partial charge >= 0.3 is 5.97 Å². The maximum atomic E-state index is 15.3. The molecule has 0 saturated carbocycles. The second-order valence-electron chi connectivity index (χ2n) is 6.41. The molecule has 2 heterocycles. The molecule has 1 unspecified atom stereocenters. The van der Waals surface area contributed by atoms with E-state index >= 15 is 4.39 Å². The van der Waals surface area contributed by atoms with Crippen LogP contribution < -0.4 is 4.74 Å². The monoisotopic (exact) mass is 418 g/mol. The highest BCUT2D eigenvalue weighted by Crippen LogP contribution is 2.59. The first-order chi connectivity index (χ1) is 13.3. The Hall–Kier alpha value is -2.96. The molecule has 0 bridgehead atoms. The fraction of sp³-hybridized carbons (Fsp3) is 0.0500. The van der Waals surface area contributed by atoms with Gasteiger partial charge in [0, 0.05) is 23.3 Å². The quantitative estimate of drug-likeness (QED) is 0.496. The van der Waals surface area contributed by atoms with E-state index in [0.717, 1.165) is 6.07 Å². The molecule has 28 heavy (non-hydrogen) atoms. The van der Waals surface area contributed by atoms with E-state index in [1.165, 1.54) is 12.1 Å². The Morgan fingerprint density at radius 1 is 0.964 bits per heavy atom. The van der Waals surface area contributed by atoms with Crippen LogP contribution in [0, 0.1) is 5.82 Å². The molecule has 0 aromatic heterocycles. The Bertz CT molecular complexity index is 1210. The minimum Gasteiger partial charge on any atom is -0.506 e. The number of rotatable bonds is 0. The van der Waals surface area contributed by atoms with Crippen molar-refractivity contribution in [2.24, 2.45) is 0 Å². The van der Waals surface area contributed by atoms with Gasteiger partial charge in [-0.3, -0.25) is 0 Å². The molecule has 8 heteroatoms. The summed E-state index contributed by atoms with van der Waals surface area (Å²) >= 11 is 12.0. The van der Waals surface area contributed by atoms with Gasteiger partial charge in [-0.1, -0.05) is 41.4 Å². The number of fused-ring (bicyclic) bond motifs is 6. The number of phenolic OH excluding ortho intramolecular Hbond substituents is 2. The third-order valence-corrected chi connectivity index (χ3v) is 5.59. The molecule has 2 aliphatic rings. The first-order valence-electron chi connectivity index (χ1n) is 8.09. The van der Waals surface area contributed by atoms with Gasteiger partial charge in [-0.25, -0.2) is 9.18 Å². The van der Waals surface area contributed by atoms with Crippen LogP contribution in [-0.2, 0) is 10.3 Å². The van der Waals surface area contributed by atoms with E-state index in [4.69, 9.17) is 32.7 Å². The van der Waals surface area contributed by atoms with Crippen molar-refractivity contribution in [3.05, 3.63) is 80.6 Å². The number of benzene rings is 3. The summed E-state index contributed by atoms with van der Waals surface area (Å²) in [5.41, 5.74) is -1.07. The van der Waals surface area contributed by atoms with Crippen LogP contribution in [0.1, 0.15) is 27.0 Å². The van der Waals surface area contributed by atoms with Gasteiger partial charge in [-0.2, -0.15) is 0 Å². The molecule has 0 amide bonds. The third kappa shape index (κ3) is 1.99. The van der Waals surface area contributed by atoms with Crippen molar-refractivity contribution in [3.63, 3.8) is 0 Å². The van der Waals surface area contributed by atoms with Crippen molar-refractivity contribution in [3.8, 4) is 23.0 Å². The van der Waals surface area contributed by atoms with Crippen LogP contribution in [0.15, 0.2) is 42.5 Å². The minimum absolute atomic E-state index is 0.0316. The number of ether oxygens (including phenoxy) is 2. The van der Waals surface area contributed by atoms with Crippen LogP contribution in [0.4, 0.5) is 4.39 Å². The molecule has 0 radical (unpaired) electrons. The first-order valence-corrected chi connectivity index (χ1v) is 8.85. The molecule has 5 rings (SSSR count). The molecule has 2 aliphatic heterocycles. The zero-order valence-corrected chi connectivity index (χ0v) is 15.3. The SMILES string of the molecule is O=C1OC2(c3cc(Cl)c(O)cc3Oc3cc(O)c(Cl)c(F)c32)c2ccccc21. The lowest BCUT2D eigenvalue weighted by atomic mass is 9.77. The fourth-order valence-electron chi connectivity index (χ4n) is 3.76. The molecule has 3 aromatic carbocycles. The van der Waals surface area contributed by atoms with Crippen LogP contribution in [-0.4, -0.2) is 16.2 Å². The number of carbonyl (C=O) groups excluding carboxylic acids is 1. The van der Waals surface area contributed by atoms with E-state index in [-0.39, 0.29) is 39.0 Å². The van der Waals surface area contributed by atoms with Gasteiger partial charge in [-0.15, -0.1) is 0 Å². The summed E-state index contributed by atoms with van der Waals surface area (Å²) < 4.78 is 26.7. The van der Waals surface area contributed by atoms with E-state index in [2.05, 4.69) is 0 Å². The largest absolute Gasteiger partial charge is 0.506 e. The van der Waals surface area contributed by atoms with Crippen molar-refractivity contribution < 1.29 is 28.9 Å². The second-order valence-corrected chi connectivity index (χ2v) is 7.20. The Kier molecular flexibility index (Phi) is 3.39. The molecule has 0 aliphatic carbocycles. The fourth-order valence-corrected chi connectivity index (χ4v) is 4.07. The lowest BCUT2D eigenvalue weighted by Crippen LogP contribution is -2.34. The molecular formula is C20H9Cl2FO5. The van der Waals surface area contributed by atoms with Gasteiger partial charge in [0.2, 0.25) is 0 Å². The van der Waals surface area contributed by atoms with Crippen molar-refractivity contribution in [2.75, 3.05) is 0 Å². The van der Waals surface area contributed by atoms with Crippen LogP contribution in [0.25, 0.3) is 0 Å². The standard InChI is InChI=1S/C20H9Cl2FO5/c21-11-5-10-14(6-12(11)24)27-15-7-13(25)17(22)18(23)16(15)20(10)9-4-2-1-3-8(9)19(26)28-20/h1-7,24-25H. The molecular weight excluding hydrogens is 410 g/mol. The maximum Gasteiger partial charge on any atom is 0.340 e. The van der Waals surface area contributed by atoms with Gasteiger partial charge in [0.25, 0.3) is 0 Å². The summed E-state index contributed by atoms with van der Waals surface area (Å²) in [6.45, 7) is 0. The van der Waals surface area contributed by atoms with Gasteiger partial charge in [0.1, 0.15) is 28.0 Å². The van der Waals surface area contributed by atoms with Gasteiger partial charge in [0.15, 0.2) is 11.4 Å². The molecule has 2 N–H and O–H groups in total. The van der Waals surface area contributed by atoms with E-state index in [0.29, 0.717) is 5.56 Å². The topological polar surface area (TPSA) is 76.0 Å². The summed E-state index contributed by atoms with van der Waals surface area (Å²) in [5.74, 6) is -2.46. The maximum absolute atomic E-state index is 15.3. The van der Waals surface area contributed by atoms with Crippen molar-refractivity contribution >= 4 is 29.2 Å². The zero-order valence-electron chi connectivity index (χ0n) is 13.8. The smallest absolute Gasteiger partial charge is 0.340 e. The van der Waals surface area contributed by atoms with Crippen molar-refractivity contribution in [1.82, 2.24) is 0 Å². The number of esters is 1. The normalized spacial score (nSPS) is 18.9. The van der Waals surface area contributed by atoms with Crippen LogP contribution in [0.3, 0.4) is 0 Å². The Balaban J connectivity index is 1.97. The van der Waals surface area contributed by atoms with Gasteiger partial charge < -0.3 is 19.7 Å². The van der Waals surface area contributed by atoms with Gasteiger partial charge in [0.05, 0.1) is 16.1 Å². The number of aromatic hydroxyl groups is 2. The summed E-state index contributed by atoms with van der Waals surface area (Å²) in [7, 11) is 0. The van der Waals surface area contributed by atoms with E-state index in [9.17, 15) is 15.0 Å². The summed E-state index contributed by atoms with van der Waals surface area (Å²) in [6.07, 6.45) is 0. The molecule has 1 atom stereocenters. The number of carbonyl (C=O) groups is 1. The number of hydrogen-bond acceptors (Lipinski definition) is 5. The lowest BCUT2D eigenvalue weighted by molar-refractivity contribution is 0.0213. The predicted molar refractivity (Wildman–Crippen MR) is 98.0 cm³/mol. The summed E-state index contributed by atoms with van der Waals surface area (Å²) in [5, 5.41) is 19.4. The highest BCUT2D eigenvalue weighted by molar-refractivity contribution is 6.32. The average molecular weight is 419 g/mol. The predicted octanol–water partition coefficient (Wildman–Crippen LogP) is 5.11. The minimum atomic E-state index is -1.74. The molecule has 0 fully saturated rings. The van der Waals surface area contributed by atoms with E-state index in [1.54, 1.807) is 24.3 Å². The second kappa shape index (κ2) is 5.53. The Morgan fingerprint density at radius 3 is 2.46 bits per heavy atom. The highest BCUT2D eigenvalue weighted by Gasteiger charge is 2.55.